The van der Waals surface area contributed by atoms with Crippen LogP contribution in [0, 0.1) is 5.92 Å². The number of ether oxygens (including phenoxy) is 2. The molecular weight excluding hydrogens is 326 g/mol. The van der Waals surface area contributed by atoms with Crippen LogP contribution in [-0.2, 0) is 14.8 Å². The lowest BCUT2D eigenvalue weighted by Gasteiger charge is -2.32. The van der Waals surface area contributed by atoms with E-state index in [1.165, 1.54) is 19.2 Å². The molecule has 0 aliphatic carbocycles. The molecule has 7 heteroatoms. The van der Waals surface area contributed by atoms with Gasteiger partial charge in [-0.15, -0.1) is 0 Å². The Kier molecular flexibility index (Phi) is 5.71. The number of methoxy groups -OCH3 is 1. The first kappa shape index (κ1) is 17.5. The van der Waals surface area contributed by atoms with E-state index in [1.54, 1.807) is 6.07 Å². The van der Waals surface area contributed by atoms with E-state index in [2.05, 4.69) is 18.6 Å². The van der Waals surface area contributed by atoms with Crippen molar-refractivity contribution in [2.75, 3.05) is 13.7 Å². The summed E-state index contributed by atoms with van der Waals surface area (Å²) in [6, 6.07) is 4.33. The van der Waals surface area contributed by atoms with Gasteiger partial charge in [-0.2, -0.15) is 0 Å². The van der Waals surface area contributed by atoms with Gasteiger partial charge >= 0.3 is 0 Å². The van der Waals surface area contributed by atoms with Crippen molar-refractivity contribution in [2.45, 2.75) is 43.7 Å². The van der Waals surface area contributed by atoms with E-state index < -0.39 is 10.0 Å². The molecule has 1 N–H and O–H groups in total. The quantitative estimate of drug-likeness (QED) is 0.889. The summed E-state index contributed by atoms with van der Waals surface area (Å²) in [5.41, 5.74) is 0. The smallest absolute Gasteiger partial charge is 0.240 e. The van der Waals surface area contributed by atoms with Crippen LogP contribution in [0.4, 0.5) is 0 Å². The highest BCUT2D eigenvalue weighted by Crippen LogP contribution is 2.28. The SMILES string of the molecule is COc1ccc(S(=O)(=O)N[C@@H]2CCO[C@H](C(C)C)C2)cc1Cl. The number of hydrogen-bond acceptors (Lipinski definition) is 4. The van der Waals surface area contributed by atoms with Crippen LogP contribution in [0.3, 0.4) is 0 Å². The first-order chi connectivity index (χ1) is 10.3. The zero-order valence-electron chi connectivity index (χ0n) is 13.0. The number of halogens is 1. The number of benzene rings is 1. The van der Waals surface area contributed by atoms with Gasteiger partial charge in [-0.05, 0) is 37.0 Å². The minimum atomic E-state index is -3.60. The summed E-state index contributed by atoms with van der Waals surface area (Å²) in [7, 11) is -2.11. The van der Waals surface area contributed by atoms with Crippen molar-refractivity contribution >= 4 is 21.6 Å². The van der Waals surface area contributed by atoms with E-state index in [0.717, 1.165) is 0 Å². The fraction of sp³-hybridized carbons (Fsp3) is 0.600. The van der Waals surface area contributed by atoms with Gasteiger partial charge in [-0.25, -0.2) is 13.1 Å². The van der Waals surface area contributed by atoms with Gasteiger partial charge in [0.05, 0.1) is 23.1 Å². The Morgan fingerprint density at radius 1 is 1.41 bits per heavy atom. The summed E-state index contributed by atoms with van der Waals surface area (Å²) in [6.45, 7) is 4.72. The molecule has 1 aliphatic heterocycles. The van der Waals surface area contributed by atoms with E-state index in [4.69, 9.17) is 21.1 Å². The van der Waals surface area contributed by atoms with Crippen LogP contribution < -0.4 is 9.46 Å². The fourth-order valence-electron chi connectivity index (χ4n) is 2.50. The van der Waals surface area contributed by atoms with Crippen LogP contribution in [-0.4, -0.2) is 34.3 Å². The molecule has 2 atom stereocenters. The Morgan fingerprint density at radius 3 is 2.73 bits per heavy atom. The summed E-state index contributed by atoms with van der Waals surface area (Å²) < 4.78 is 38.4. The van der Waals surface area contributed by atoms with Gasteiger partial charge in [-0.1, -0.05) is 25.4 Å². The van der Waals surface area contributed by atoms with Crippen molar-refractivity contribution < 1.29 is 17.9 Å². The molecule has 0 aromatic heterocycles. The van der Waals surface area contributed by atoms with Crippen LogP contribution in [0.2, 0.25) is 5.02 Å². The molecule has 0 spiro atoms. The molecule has 1 aromatic carbocycles. The average Bonchev–Trinajstić information content (AvgIpc) is 2.47. The third kappa shape index (κ3) is 4.13. The summed E-state index contributed by atoms with van der Waals surface area (Å²) in [5.74, 6) is 0.814. The molecule has 0 bridgehead atoms. The Hall–Kier alpha value is -0.820. The van der Waals surface area contributed by atoms with Gasteiger partial charge in [0.2, 0.25) is 10.0 Å². The highest BCUT2D eigenvalue weighted by molar-refractivity contribution is 7.89. The molecule has 1 aromatic rings. The van der Waals surface area contributed by atoms with E-state index >= 15 is 0 Å². The Morgan fingerprint density at radius 2 is 2.14 bits per heavy atom. The Bertz CT molecular complexity index is 618. The second-order valence-electron chi connectivity index (χ2n) is 5.79. The van der Waals surface area contributed by atoms with Crippen LogP contribution >= 0.6 is 11.6 Å². The summed E-state index contributed by atoms with van der Waals surface area (Å²) >= 11 is 6.01. The van der Waals surface area contributed by atoms with Gasteiger partial charge in [0.1, 0.15) is 5.75 Å². The van der Waals surface area contributed by atoms with Crippen LogP contribution in [0.25, 0.3) is 0 Å². The predicted octanol–water partition coefficient (Wildman–Crippen LogP) is 2.83. The molecule has 0 saturated carbocycles. The summed E-state index contributed by atoms with van der Waals surface area (Å²) in [6.07, 6.45) is 1.44. The normalized spacial score (nSPS) is 22.8. The molecular formula is C15H22ClNO4S. The second-order valence-corrected chi connectivity index (χ2v) is 7.91. The minimum absolute atomic E-state index is 0.0842. The molecule has 2 rings (SSSR count). The Labute approximate surface area is 137 Å². The average molecular weight is 348 g/mol. The number of hydrogen-bond donors (Lipinski definition) is 1. The van der Waals surface area contributed by atoms with E-state index in [0.29, 0.717) is 31.1 Å². The zero-order chi connectivity index (χ0) is 16.3. The molecule has 0 amide bonds. The van der Waals surface area contributed by atoms with Gasteiger partial charge in [-0.3, -0.25) is 0 Å². The number of sulfonamides is 1. The highest BCUT2D eigenvalue weighted by Gasteiger charge is 2.28. The van der Waals surface area contributed by atoms with Gasteiger partial charge < -0.3 is 9.47 Å². The molecule has 1 aliphatic rings. The third-order valence-corrected chi connectivity index (χ3v) is 5.63. The molecule has 22 heavy (non-hydrogen) atoms. The van der Waals surface area contributed by atoms with Gasteiger partial charge in [0.25, 0.3) is 0 Å². The lowest BCUT2D eigenvalue weighted by atomic mass is 9.96. The predicted molar refractivity (Wildman–Crippen MR) is 85.9 cm³/mol. The fourth-order valence-corrected chi connectivity index (χ4v) is 4.13. The van der Waals surface area contributed by atoms with Crippen LogP contribution in [0.15, 0.2) is 23.1 Å². The van der Waals surface area contributed by atoms with Crippen molar-refractivity contribution in [1.82, 2.24) is 4.72 Å². The van der Waals surface area contributed by atoms with Crippen molar-refractivity contribution in [2.24, 2.45) is 5.92 Å². The summed E-state index contributed by atoms with van der Waals surface area (Å²) in [4.78, 5) is 0.144. The molecule has 0 radical (unpaired) electrons. The molecule has 0 unspecified atom stereocenters. The molecule has 1 saturated heterocycles. The standard InChI is InChI=1S/C15H22ClNO4S/c1-10(2)15-8-11(6-7-21-15)17-22(18,19)12-4-5-14(20-3)13(16)9-12/h4-5,9-11,15,17H,6-8H2,1-3H3/t11-,15+/m1/s1. The van der Waals surface area contributed by atoms with Gasteiger partial charge in [0.15, 0.2) is 0 Å². The molecule has 1 heterocycles. The first-order valence-electron chi connectivity index (χ1n) is 7.31. The lowest BCUT2D eigenvalue weighted by Crippen LogP contribution is -2.43. The topological polar surface area (TPSA) is 64.6 Å². The van der Waals surface area contributed by atoms with Crippen LogP contribution in [0.1, 0.15) is 26.7 Å². The van der Waals surface area contributed by atoms with Crippen molar-refractivity contribution in [1.29, 1.82) is 0 Å². The maximum Gasteiger partial charge on any atom is 0.240 e. The van der Waals surface area contributed by atoms with Crippen LogP contribution in [0.5, 0.6) is 5.75 Å². The van der Waals surface area contributed by atoms with E-state index in [1.807, 2.05) is 0 Å². The largest absolute Gasteiger partial charge is 0.495 e. The maximum atomic E-state index is 12.5. The van der Waals surface area contributed by atoms with E-state index in [9.17, 15) is 8.42 Å². The lowest BCUT2D eigenvalue weighted by molar-refractivity contribution is -0.0211. The summed E-state index contributed by atoms with van der Waals surface area (Å²) in [5, 5.41) is 0.275. The highest BCUT2D eigenvalue weighted by atomic mass is 35.5. The maximum absolute atomic E-state index is 12.5. The first-order valence-corrected chi connectivity index (χ1v) is 9.17. The zero-order valence-corrected chi connectivity index (χ0v) is 14.6. The number of nitrogens with one attached hydrogen (secondary N) is 1. The third-order valence-electron chi connectivity index (χ3n) is 3.81. The van der Waals surface area contributed by atoms with Crippen molar-refractivity contribution in [3.63, 3.8) is 0 Å². The molecule has 124 valence electrons. The van der Waals surface area contributed by atoms with Crippen molar-refractivity contribution in [3.8, 4) is 5.75 Å². The van der Waals surface area contributed by atoms with Crippen molar-refractivity contribution in [3.05, 3.63) is 23.2 Å². The second kappa shape index (κ2) is 7.17. The van der Waals surface area contributed by atoms with Gasteiger partial charge in [0, 0.05) is 12.6 Å². The molecule has 1 fully saturated rings. The monoisotopic (exact) mass is 347 g/mol. The van der Waals surface area contributed by atoms with E-state index in [-0.39, 0.29) is 22.1 Å². The molecule has 5 nitrogen and oxygen atoms in total. The minimum Gasteiger partial charge on any atom is -0.495 e. The number of rotatable bonds is 5. The Balaban J connectivity index is 2.12.